The van der Waals surface area contributed by atoms with Crippen LogP contribution < -0.4 is 5.32 Å². The quantitative estimate of drug-likeness (QED) is 0.783. The molecule has 1 N–H and O–H groups in total. The molecule has 2 aromatic heterocycles. The first kappa shape index (κ1) is 14.1. The second-order valence-corrected chi connectivity index (χ2v) is 4.76. The van der Waals surface area contributed by atoms with Crippen LogP contribution in [0.2, 0.25) is 0 Å². The summed E-state index contributed by atoms with van der Waals surface area (Å²) in [7, 11) is 0. The molecule has 0 bridgehead atoms. The van der Waals surface area contributed by atoms with Crippen molar-refractivity contribution in [2.24, 2.45) is 0 Å². The minimum atomic E-state index is -0.319. The van der Waals surface area contributed by atoms with E-state index < -0.39 is 0 Å². The van der Waals surface area contributed by atoms with Gasteiger partial charge in [-0.25, -0.2) is 0 Å². The molecule has 3 aromatic rings. The number of benzene rings is 1. The number of nitrogens with zero attached hydrogens (tertiary/aromatic N) is 2. The highest BCUT2D eigenvalue weighted by molar-refractivity contribution is 5.92. The monoisotopic (exact) mass is 297 g/mol. The average molecular weight is 297 g/mol. The fourth-order valence-corrected chi connectivity index (χ4v) is 1.98. The third-order valence-corrected chi connectivity index (χ3v) is 3.19. The Hall–Kier alpha value is -2.89. The predicted octanol–water partition coefficient (Wildman–Crippen LogP) is 2.82. The van der Waals surface area contributed by atoms with Gasteiger partial charge >= 0.3 is 0 Å². The molecule has 0 saturated heterocycles. The molecule has 0 unspecified atom stereocenters. The molecule has 1 aromatic carbocycles. The summed E-state index contributed by atoms with van der Waals surface area (Å²) in [6, 6.07) is 12.9. The standard InChI is InChI=1S/C16H15N3O3/c1-2-12-8-13(21-18-12)10-17-16(20)14-9-15(22-19-14)11-6-4-3-5-7-11/h3-9H,2,10H2,1H3,(H,17,20). The van der Waals surface area contributed by atoms with Crippen LogP contribution in [0, 0.1) is 0 Å². The van der Waals surface area contributed by atoms with E-state index in [9.17, 15) is 4.79 Å². The van der Waals surface area contributed by atoms with Crippen molar-refractivity contribution in [2.75, 3.05) is 0 Å². The summed E-state index contributed by atoms with van der Waals surface area (Å²) >= 11 is 0. The second kappa shape index (κ2) is 6.26. The average Bonchev–Trinajstić information content (AvgIpc) is 3.22. The Morgan fingerprint density at radius 3 is 2.68 bits per heavy atom. The third kappa shape index (κ3) is 3.06. The Bertz CT molecular complexity index is 762. The van der Waals surface area contributed by atoms with E-state index in [0.717, 1.165) is 17.7 Å². The summed E-state index contributed by atoms with van der Waals surface area (Å²) in [5.74, 6) is 0.844. The summed E-state index contributed by atoms with van der Waals surface area (Å²) in [6.45, 7) is 2.25. The van der Waals surface area contributed by atoms with Gasteiger partial charge in [-0.1, -0.05) is 47.6 Å². The van der Waals surface area contributed by atoms with Crippen molar-refractivity contribution in [3.8, 4) is 11.3 Å². The fraction of sp³-hybridized carbons (Fsp3) is 0.188. The first-order chi connectivity index (χ1) is 10.8. The molecule has 2 heterocycles. The van der Waals surface area contributed by atoms with Crippen molar-refractivity contribution >= 4 is 5.91 Å². The van der Waals surface area contributed by atoms with E-state index in [-0.39, 0.29) is 18.1 Å². The van der Waals surface area contributed by atoms with E-state index in [1.54, 1.807) is 6.07 Å². The summed E-state index contributed by atoms with van der Waals surface area (Å²) in [5, 5.41) is 10.4. The predicted molar refractivity (Wildman–Crippen MR) is 79.0 cm³/mol. The molecule has 3 rings (SSSR count). The molecular formula is C16H15N3O3. The lowest BCUT2D eigenvalue weighted by Crippen LogP contribution is -2.22. The van der Waals surface area contributed by atoms with E-state index in [1.165, 1.54) is 0 Å². The molecule has 0 aliphatic carbocycles. The van der Waals surface area contributed by atoms with E-state index >= 15 is 0 Å². The van der Waals surface area contributed by atoms with Gasteiger partial charge < -0.3 is 14.4 Å². The summed E-state index contributed by atoms with van der Waals surface area (Å²) in [4.78, 5) is 12.0. The highest BCUT2D eigenvalue weighted by Crippen LogP contribution is 2.19. The largest absolute Gasteiger partial charge is 0.359 e. The van der Waals surface area contributed by atoms with Crippen molar-refractivity contribution in [3.05, 3.63) is 59.6 Å². The fourth-order valence-electron chi connectivity index (χ4n) is 1.98. The van der Waals surface area contributed by atoms with Crippen LogP contribution in [0.5, 0.6) is 0 Å². The van der Waals surface area contributed by atoms with Gasteiger partial charge in [0.2, 0.25) is 0 Å². The second-order valence-electron chi connectivity index (χ2n) is 4.76. The van der Waals surface area contributed by atoms with E-state index in [2.05, 4.69) is 15.6 Å². The third-order valence-electron chi connectivity index (χ3n) is 3.19. The van der Waals surface area contributed by atoms with Gasteiger partial charge in [-0.3, -0.25) is 4.79 Å². The van der Waals surface area contributed by atoms with Crippen LogP contribution in [0.15, 0.2) is 51.5 Å². The van der Waals surface area contributed by atoms with Gasteiger partial charge in [-0.2, -0.15) is 0 Å². The number of carbonyl (C=O) groups excluding carboxylic acids is 1. The summed E-state index contributed by atoms with van der Waals surface area (Å²) in [5.41, 5.74) is 1.96. The molecule has 0 fully saturated rings. The minimum Gasteiger partial charge on any atom is -0.359 e. The van der Waals surface area contributed by atoms with Crippen molar-refractivity contribution in [1.29, 1.82) is 0 Å². The van der Waals surface area contributed by atoms with Crippen LogP contribution in [0.25, 0.3) is 11.3 Å². The van der Waals surface area contributed by atoms with Gasteiger partial charge in [0.1, 0.15) is 0 Å². The lowest BCUT2D eigenvalue weighted by atomic mass is 10.1. The van der Waals surface area contributed by atoms with Gasteiger partial charge in [0.05, 0.1) is 12.2 Å². The lowest BCUT2D eigenvalue weighted by molar-refractivity contribution is 0.0938. The minimum absolute atomic E-state index is 0.231. The maximum absolute atomic E-state index is 12.0. The molecule has 6 nitrogen and oxygen atoms in total. The van der Waals surface area contributed by atoms with Crippen molar-refractivity contribution < 1.29 is 13.8 Å². The van der Waals surface area contributed by atoms with Crippen LogP contribution in [0.1, 0.15) is 28.9 Å². The molecule has 0 radical (unpaired) electrons. The smallest absolute Gasteiger partial charge is 0.273 e. The Kier molecular flexibility index (Phi) is 4.00. The number of hydrogen-bond donors (Lipinski definition) is 1. The molecule has 6 heteroatoms. The maximum atomic E-state index is 12.0. The number of aryl methyl sites for hydroxylation is 1. The number of aromatic nitrogens is 2. The zero-order valence-electron chi connectivity index (χ0n) is 12.1. The Morgan fingerprint density at radius 2 is 1.95 bits per heavy atom. The number of carbonyl (C=O) groups is 1. The van der Waals surface area contributed by atoms with Gasteiger partial charge in [-0.15, -0.1) is 0 Å². The van der Waals surface area contributed by atoms with Gasteiger partial charge in [-0.05, 0) is 6.42 Å². The molecule has 0 atom stereocenters. The first-order valence-corrected chi connectivity index (χ1v) is 7.01. The number of amides is 1. The molecule has 0 saturated carbocycles. The van der Waals surface area contributed by atoms with Crippen molar-refractivity contribution in [1.82, 2.24) is 15.6 Å². The first-order valence-electron chi connectivity index (χ1n) is 7.01. The van der Waals surface area contributed by atoms with Gasteiger partial charge in [0, 0.05) is 17.7 Å². The summed E-state index contributed by atoms with van der Waals surface area (Å²) in [6.07, 6.45) is 0.793. The molecule has 0 aliphatic rings. The van der Waals surface area contributed by atoms with Crippen molar-refractivity contribution in [2.45, 2.75) is 19.9 Å². The van der Waals surface area contributed by atoms with Crippen LogP contribution in [-0.2, 0) is 13.0 Å². The molecule has 1 amide bonds. The zero-order valence-corrected chi connectivity index (χ0v) is 12.1. The van der Waals surface area contributed by atoms with E-state index in [0.29, 0.717) is 11.5 Å². The number of hydrogen-bond acceptors (Lipinski definition) is 5. The van der Waals surface area contributed by atoms with Crippen LogP contribution >= 0.6 is 0 Å². The molecule has 112 valence electrons. The van der Waals surface area contributed by atoms with Crippen molar-refractivity contribution in [3.63, 3.8) is 0 Å². The molecule has 0 spiro atoms. The van der Waals surface area contributed by atoms with Gasteiger partial charge in [0.15, 0.2) is 17.2 Å². The maximum Gasteiger partial charge on any atom is 0.273 e. The van der Waals surface area contributed by atoms with E-state index in [1.807, 2.05) is 43.3 Å². The zero-order chi connectivity index (χ0) is 15.4. The topological polar surface area (TPSA) is 81.2 Å². The van der Waals surface area contributed by atoms with Gasteiger partial charge in [0.25, 0.3) is 5.91 Å². The lowest BCUT2D eigenvalue weighted by Gasteiger charge is -1.97. The summed E-state index contributed by atoms with van der Waals surface area (Å²) < 4.78 is 10.3. The Balaban J connectivity index is 1.64. The van der Waals surface area contributed by atoms with Crippen LogP contribution in [0.3, 0.4) is 0 Å². The Morgan fingerprint density at radius 1 is 1.14 bits per heavy atom. The molecule has 0 aliphatic heterocycles. The SMILES string of the molecule is CCc1cc(CNC(=O)c2cc(-c3ccccc3)on2)on1. The Labute approximate surface area is 127 Å². The van der Waals surface area contributed by atoms with Crippen LogP contribution in [-0.4, -0.2) is 16.2 Å². The number of rotatable bonds is 5. The van der Waals surface area contributed by atoms with E-state index in [4.69, 9.17) is 9.05 Å². The molecular weight excluding hydrogens is 282 g/mol. The van der Waals surface area contributed by atoms with Crippen LogP contribution in [0.4, 0.5) is 0 Å². The highest BCUT2D eigenvalue weighted by atomic mass is 16.5. The normalized spacial score (nSPS) is 10.6. The number of nitrogens with one attached hydrogen (secondary N) is 1. The highest BCUT2D eigenvalue weighted by Gasteiger charge is 2.14. The molecule has 22 heavy (non-hydrogen) atoms.